The van der Waals surface area contributed by atoms with Crippen LogP contribution in [0, 0.1) is 17.7 Å². The molecule has 0 radical (unpaired) electrons. The molecule has 1 aromatic rings. The quantitative estimate of drug-likeness (QED) is 0.451. The summed E-state index contributed by atoms with van der Waals surface area (Å²) in [6.45, 7) is 7.47. The molecular formula is C22H29FN4O. The van der Waals surface area contributed by atoms with Crippen molar-refractivity contribution in [2.75, 3.05) is 31.1 Å². The molecule has 0 saturated carbocycles. The molecule has 0 aliphatic carbocycles. The van der Waals surface area contributed by atoms with Gasteiger partial charge in [-0.3, -0.25) is 9.80 Å². The fourth-order valence-electron chi connectivity index (χ4n) is 4.00. The van der Waals surface area contributed by atoms with E-state index in [4.69, 9.17) is 0 Å². The number of anilines is 1. The molecule has 5 nitrogen and oxygen atoms in total. The summed E-state index contributed by atoms with van der Waals surface area (Å²) in [4.78, 5) is 23.3. The Hall–Kier alpha value is -2.39. The molecule has 3 rings (SSSR count). The summed E-state index contributed by atoms with van der Waals surface area (Å²) < 4.78 is 13.9. The van der Waals surface area contributed by atoms with Gasteiger partial charge >= 0.3 is 6.03 Å². The fourth-order valence-corrected chi connectivity index (χ4v) is 4.00. The molecule has 150 valence electrons. The minimum absolute atomic E-state index is 0.00846. The number of aliphatic imine (C=N–C) groups is 1. The molecule has 1 unspecified atom stereocenters. The van der Waals surface area contributed by atoms with Gasteiger partial charge < -0.3 is 4.90 Å². The molecule has 0 aromatic heterocycles. The molecule has 0 spiro atoms. The van der Waals surface area contributed by atoms with Crippen molar-refractivity contribution in [3.8, 4) is 11.8 Å². The van der Waals surface area contributed by atoms with Gasteiger partial charge in [0.15, 0.2) is 0 Å². The van der Waals surface area contributed by atoms with Crippen LogP contribution in [-0.2, 0) is 0 Å². The highest BCUT2D eigenvalue weighted by atomic mass is 19.1. The van der Waals surface area contributed by atoms with Crippen LogP contribution in [0.4, 0.5) is 14.9 Å². The summed E-state index contributed by atoms with van der Waals surface area (Å²) in [6, 6.07) is 6.21. The number of carbonyl (C=O) groups excluding carboxylic acids is 1. The van der Waals surface area contributed by atoms with E-state index in [9.17, 15) is 9.18 Å². The third kappa shape index (κ3) is 5.11. The zero-order valence-corrected chi connectivity index (χ0v) is 16.8. The number of rotatable bonds is 4. The minimum Gasteiger partial charge on any atom is -0.362 e. The summed E-state index contributed by atoms with van der Waals surface area (Å²) >= 11 is 0. The van der Waals surface area contributed by atoms with Crippen LogP contribution < -0.4 is 4.90 Å². The third-order valence-electron chi connectivity index (χ3n) is 5.57. The molecule has 0 bridgehead atoms. The zero-order chi connectivity index (χ0) is 19.9. The van der Waals surface area contributed by atoms with Gasteiger partial charge in [-0.15, -0.1) is 5.92 Å². The second kappa shape index (κ2) is 9.70. The van der Waals surface area contributed by atoms with E-state index in [1.165, 1.54) is 12.1 Å². The lowest BCUT2D eigenvalue weighted by atomic mass is 9.96. The van der Waals surface area contributed by atoms with Crippen LogP contribution in [0.3, 0.4) is 0 Å². The Morgan fingerprint density at radius 3 is 2.82 bits per heavy atom. The van der Waals surface area contributed by atoms with Crippen LogP contribution in [0.5, 0.6) is 0 Å². The number of piperidine rings is 1. The lowest BCUT2D eigenvalue weighted by Crippen LogP contribution is -2.50. The van der Waals surface area contributed by atoms with E-state index in [1.807, 2.05) is 6.92 Å². The van der Waals surface area contributed by atoms with Gasteiger partial charge in [-0.1, -0.05) is 12.0 Å². The number of hydrogen-bond acceptors (Lipinski definition) is 2. The Morgan fingerprint density at radius 1 is 1.36 bits per heavy atom. The average molecular weight is 384 g/mol. The van der Waals surface area contributed by atoms with E-state index >= 15 is 0 Å². The molecule has 2 aliphatic rings. The maximum atomic E-state index is 13.9. The van der Waals surface area contributed by atoms with Crippen LogP contribution in [0.25, 0.3) is 0 Å². The molecular weight excluding hydrogens is 355 g/mol. The number of benzene rings is 1. The summed E-state index contributed by atoms with van der Waals surface area (Å²) in [7, 11) is 0. The van der Waals surface area contributed by atoms with Crippen LogP contribution in [-0.4, -0.2) is 60.4 Å². The highest BCUT2D eigenvalue weighted by Crippen LogP contribution is 2.28. The molecule has 2 amide bonds. The molecule has 2 heterocycles. The number of hydrogen-bond donors (Lipinski definition) is 0. The number of amides is 2. The SMILES string of the molecule is CC#CCN1CCC(N(C(=O)/N=C/N2CCCC2)c2cccc(F)c2)C[C@@H]1C. The summed E-state index contributed by atoms with van der Waals surface area (Å²) in [5.74, 6) is 5.72. The number of likely N-dealkylation sites (tertiary alicyclic amines) is 2. The topological polar surface area (TPSA) is 39.1 Å². The van der Waals surface area contributed by atoms with Gasteiger partial charge in [-0.2, -0.15) is 4.99 Å². The normalized spacial score (nSPS) is 22.9. The smallest absolute Gasteiger partial charge is 0.349 e. The van der Waals surface area contributed by atoms with Gasteiger partial charge in [-0.05, 0) is 57.7 Å². The average Bonchev–Trinajstić information content (AvgIpc) is 3.20. The van der Waals surface area contributed by atoms with Gasteiger partial charge in [0.1, 0.15) is 5.82 Å². The predicted octanol–water partition coefficient (Wildman–Crippen LogP) is 3.75. The largest absolute Gasteiger partial charge is 0.362 e. The van der Waals surface area contributed by atoms with Gasteiger partial charge in [-0.25, -0.2) is 9.18 Å². The third-order valence-corrected chi connectivity index (χ3v) is 5.57. The molecule has 1 aromatic carbocycles. The number of halogens is 1. The molecule has 2 fully saturated rings. The first-order valence-electron chi connectivity index (χ1n) is 10.1. The monoisotopic (exact) mass is 384 g/mol. The van der Waals surface area contributed by atoms with E-state index in [1.54, 1.807) is 23.4 Å². The van der Waals surface area contributed by atoms with Crippen molar-refractivity contribution < 1.29 is 9.18 Å². The predicted molar refractivity (Wildman–Crippen MR) is 111 cm³/mol. The van der Waals surface area contributed by atoms with Crippen LogP contribution in [0.2, 0.25) is 0 Å². The summed E-state index contributed by atoms with van der Waals surface area (Å²) in [5.41, 5.74) is 0.572. The van der Waals surface area contributed by atoms with Crippen molar-refractivity contribution in [2.45, 2.75) is 51.6 Å². The highest BCUT2D eigenvalue weighted by molar-refractivity contribution is 5.97. The van der Waals surface area contributed by atoms with E-state index in [0.29, 0.717) is 11.7 Å². The molecule has 0 N–H and O–H groups in total. The minimum atomic E-state index is -0.345. The molecule has 28 heavy (non-hydrogen) atoms. The fraction of sp³-hybridized carbons (Fsp3) is 0.545. The van der Waals surface area contributed by atoms with Gasteiger partial charge in [0.05, 0.1) is 12.9 Å². The molecule has 2 atom stereocenters. The maximum absolute atomic E-state index is 13.9. The van der Waals surface area contributed by atoms with Crippen molar-refractivity contribution in [1.82, 2.24) is 9.80 Å². The summed E-state index contributed by atoms with van der Waals surface area (Å²) in [5, 5.41) is 0. The van der Waals surface area contributed by atoms with Crippen molar-refractivity contribution in [2.24, 2.45) is 4.99 Å². The van der Waals surface area contributed by atoms with Crippen molar-refractivity contribution in [3.63, 3.8) is 0 Å². The summed E-state index contributed by atoms with van der Waals surface area (Å²) in [6.07, 6.45) is 5.54. The number of nitrogens with zero attached hydrogens (tertiary/aromatic N) is 4. The second-order valence-electron chi connectivity index (χ2n) is 7.54. The Morgan fingerprint density at radius 2 is 2.14 bits per heavy atom. The Bertz CT molecular complexity index is 763. The van der Waals surface area contributed by atoms with Gasteiger partial charge in [0.25, 0.3) is 0 Å². The Labute approximate surface area is 167 Å². The molecule has 2 aliphatic heterocycles. The van der Waals surface area contributed by atoms with E-state index in [-0.39, 0.29) is 17.9 Å². The van der Waals surface area contributed by atoms with Crippen LogP contribution in [0.15, 0.2) is 29.3 Å². The van der Waals surface area contributed by atoms with Crippen LogP contribution >= 0.6 is 0 Å². The standard InChI is InChI=1S/C22H29FN4O/c1-3-4-13-26-14-10-21(15-18(26)2)27(20-9-7-8-19(23)16-20)22(28)24-17-25-11-5-6-12-25/h7-9,16-18,21H,5-6,10-15H2,1-2H3/b24-17+/t18-,21?/m0/s1. The van der Waals surface area contributed by atoms with Crippen molar-refractivity contribution in [1.29, 1.82) is 0 Å². The first-order chi connectivity index (χ1) is 13.6. The first-order valence-corrected chi connectivity index (χ1v) is 10.1. The van der Waals surface area contributed by atoms with E-state index in [0.717, 1.165) is 51.9 Å². The molecule has 2 saturated heterocycles. The second-order valence-corrected chi connectivity index (χ2v) is 7.54. The lowest BCUT2D eigenvalue weighted by Gasteiger charge is -2.41. The van der Waals surface area contributed by atoms with E-state index in [2.05, 4.69) is 33.6 Å². The first kappa shape index (κ1) is 20.3. The zero-order valence-electron chi connectivity index (χ0n) is 16.8. The van der Waals surface area contributed by atoms with E-state index < -0.39 is 0 Å². The van der Waals surface area contributed by atoms with Crippen LogP contribution in [0.1, 0.15) is 39.5 Å². The highest BCUT2D eigenvalue weighted by Gasteiger charge is 2.32. The van der Waals surface area contributed by atoms with Gasteiger partial charge in [0.2, 0.25) is 0 Å². The lowest BCUT2D eigenvalue weighted by molar-refractivity contribution is 0.163. The van der Waals surface area contributed by atoms with Crippen molar-refractivity contribution in [3.05, 3.63) is 30.1 Å². The Kier molecular flexibility index (Phi) is 7.05. The number of carbonyl (C=O) groups is 1. The molecule has 6 heteroatoms. The van der Waals surface area contributed by atoms with Gasteiger partial charge in [0, 0.05) is 37.4 Å². The number of urea groups is 1. The Balaban J connectivity index is 1.78. The maximum Gasteiger partial charge on any atom is 0.349 e. The van der Waals surface area contributed by atoms with Crippen molar-refractivity contribution >= 4 is 18.1 Å².